The molecule has 1 saturated heterocycles. The third kappa shape index (κ3) is 5.61. The number of aliphatic hydroxyl groups is 1. The Balaban J connectivity index is 1.86. The monoisotopic (exact) mass is 350 g/mol. The predicted molar refractivity (Wildman–Crippen MR) is 96.9 cm³/mol. The summed E-state index contributed by atoms with van der Waals surface area (Å²) in [7, 11) is 3.12. The Morgan fingerprint density at radius 2 is 2.04 bits per heavy atom. The average molecular weight is 350 g/mol. The van der Waals surface area contributed by atoms with E-state index in [1.807, 2.05) is 0 Å². The Hall–Kier alpha value is -1.79. The van der Waals surface area contributed by atoms with Crippen LogP contribution < -0.4 is 20.1 Å². The second-order valence-electron chi connectivity index (χ2n) is 6.70. The highest BCUT2D eigenvalue weighted by Crippen LogP contribution is 2.29. The Bertz CT molecular complexity index is 558. The maximum absolute atomic E-state index is 12.2. The molecule has 2 rings (SSSR count). The van der Waals surface area contributed by atoms with Crippen molar-refractivity contribution >= 4 is 5.91 Å². The molecule has 1 aromatic carbocycles. The first kappa shape index (κ1) is 19.5. The fraction of sp³-hybridized carbons (Fsp3) is 0.632. The number of carbonyl (C=O) groups excluding carboxylic acids is 1. The van der Waals surface area contributed by atoms with Gasteiger partial charge in [-0.3, -0.25) is 4.79 Å². The summed E-state index contributed by atoms with van der Waals surface area (Å²) < 4.78 is 10.5. The molecule has 0 radical (unpaired) electrons. The summed E-state index contributed by atoms with van der Waals surface area (Å²) in [5.74, 6) is 2.14. The van der Waals surface area contributed by atoms with Crippen LogP contribution in [0.5, 0.6) is 11.5 Å². The summed E-state index contributed by atoms with van der Waals surface area (Å²) in [6.45, 7) is 4.36. The standard InChI is InChI=1S/C19H30N2O4/c1-13(14-6-8-20-9-7-14)10-19(23)21-12-17(22)16-11-15(24-2)4-5-18(16)25-3/h4-5,11,13-14,17,20,22H,6-10,12H2,1-3H3,(H,21,23). The quantitative estimate of drug-likeness (QED) is 0.667. The van der Waals surface area contributed by atoms with Crippen molar-refractivity contribution in [2.45, 2.75) is 32.3 Å². The van der Waals surface area contributed by atoms with Gasteiger partial charge in [-0.2, -0.15) is 0 Å². The fourth-order valence-corrected chi connectivity index (χ4v) is 3.36. The molecule has 1 aromatic rings. The summed E-state index contributed by atoms with van der Waals surface area (Å²) >= 11 is 0. The van der Waals surface area contributed by atoms with E-state index in [0.717, 1.165) is 25.9 Å². The van der Waals surface area contributed by atoms with Crippen molar-refractivity contribution in [3.05, 3.63) is 23.8 Å². The van der Waals surface area contributed by atoms with Crippen molar-refractivity contribution < 1.29 is 19.4 Å². The summed E-state index contributed by atoms with van der Waals surface area (Å²) in [4.78, 5) is 12.2. The first-order valence-corrected chi connectivity index (χ1v) is 8.92. The lowest BCUT2D eigenvalue weighted by Gasteiger charge is -2.28. The van der Waals surface area contributed by atoms with E-state index < -0.39 is 6.10 Å². The van der Waals surface area contributed by atoms with Gasteiger partial charge in [0, 0.05) is 18.5 Å². The van der Waals surface area contributed by atoms with E-state index in [4.69, 9.17) is 9.47 Å². The van der Waals surface area contributed by atoms with Crippen LogP contribution in [0.1, 0.15) is 37.9 Å². The minimum atomic E-state index is -0.844. The van der Waals surface area contributed by atoms with Crippen molar-refractivity contribution in [3.8, 4) is 11.5 Å². The Labute approximate surface area is 149 Å². The van der Waals surface area contributed by atoms with Crippen molar-refractivity contribution in [2.24, 2.45) is 11.8 Å². The van der Waals surface area contributed by atoms with Gasteiger partial charge in [-0.15, -0.1) is 0 Å². The molecule has 0 bridgehead atoms. The molecule has 0 saturated carbocycles. The molecule has 2 atom stereocenters. The van der Waals surface area contributed by atoms with Crippen LogP contribution in [-0.2, 0) is 4.79 Å². The Morgan fingerprint density at radius 1 is 1.32 bits per heavy atom. The number of benzene rings is 1. The van der Waals surface area contributed by atoms with Gasteiger partial charge >= 0.3 is 0 Å². The number of nitrogens with one attached hydrogen (secondary N) is 2. The maximum atomic E-state index is 12.2. The molecule has 25 heavy (non-hydrogen) atoms. The zero-order valence-electron chi connectivity index (χ0n) is 15.4. The zero-order valence-corrected chi connectivity index (χ0v) is 15.4. The third-order valence-electron chi connectivity index (χ3n) is 4.98. The third-order valence-corrected chi connectivity index (χ3v) is 4.98. The van der Waals surface area contributed by atoms with Crippen molar-refractivity contribution in [2.75, 3.05) is 33.9 Å². The molecule has 140 valence electrons. The second kappa shape index (κ2) is 9.63. The van der Waals surface area contributed by atoms with E-state index in [1.54, 1.807) is 32.4 Å². The molecule has 1 heterocycles. The number of carbonyl (C=O) groups is 1. The van der Waals surface area contributed by atoms with Crippen molar-refractivity contribution in [3.63, 3.8) is 0 Å². The summed E-state index contributed by atoms with van der Waals surface area (Å²) in [6.07, 6.45) is 1.89. The van der Waals surface area contributed by atoms with E-state index >= 15 is 0 Å². The van der Waals surface area contributed by atoms with Crippen LogP contribution in [-0.4, -0.2) is 44.9 Å². The first-order chi connectivity index (χ1) is 12.0. The SMILES string of the molecule is COc1ccc(OC)c(C(O)CNC(=O)CC(C)C2CCNCC2)c1. The van der Waals surface area contributed by atoms with Crippen LogP contribution in [0.3, 0.4) is 0 Å². The molecular weight excluding hydrogens is 320 g/mol. The molecule has 1 amide bonds. The second-order valence-corrected chi connectivity index (χ2v) is 6.70. The average Bonchev–Trinajstić information content (AvgIpc) is 2.66. The van der Waals surface area contributed by atoms with E-state index in [2.05, 4.69) is 17.6 Å². The first-order valence-electron chi connectivity index (χ1n) is 8.92. The molecule has 2 unspecified atom stereocenters. The van der Waals surface area contributed by atoms with Gasteiger partial charge in [-0.25, -0.2) is 0 Å². The lowest BCUT2D eigenvalue weighted by atomic mass is 9.84. The molecule has 3 N–H and O–H groups in total. The van der Waals surface area contributed by atoms with Crippen LogP contribution in [0.25, 0.3) is 0 Å². The van der Waals surface area contributed by atoms with Crippen LogP contribution in [0, 0.1) is 11.8 Å². The predicted octanol–water partition coefficient (Wildman–Crippen LogP) is 1.88. The van der Waals surface area contributed by atoms with Crippen LogP contribution in [0.4, 0.5) is 0 Å². The van der Waals surface area contributed by atoms with Crippen LogP contribution in [0.2, 0.25) is 0 Å². The van der Waals surface area contributed by atoms with E-state index in [9.17, 15) is 9.90 Å². The lowest BCUT2D eigenvalue weighted by Crippen LogP contribution is -2.34. The maximum Gasteiger partial charge on any atom is 0.220 e. The van der Waals surface area contributed by atoms with Crippen molar-refractivity contribution in [1.29, 1.82) is 0 Å². The Morgan fingerprint density at radius 3 is 2.68 bits per heavy atom. The topological polar surface area (TPSA) is 79.8 Å². The highest BCUT2D eigenvalue weighted by atomic mass is 16.5. The van der Waals surface area contributed by atoms with Gasteiger partial charge in [0.25, 0.3) is 0 Å². The van der Waals surface area contributed by atoms with Gasteiger partial charge in [0.1, 0.15) is 11.5 Å². The van der Waals surface area contributed by atoms with Crippen molar-refractivity contribution in [1.82, 2.24) is 10.6 Å². The minimum Gasteiger partial charge on any atom is -0.497 e. The number of amides is 1. The van der Waals surface area contributed by atoms with Gasteiger partial charge in [0.15, 0.2) is 0 Å². The summed E-state index contributed by atoms with van der Waals surface area (Å²) in [6, 6.07) is 5.25. The number of hydrogen-bond acceptors (Lipinski definition) is 5. The molecule has 1 fully saturated rings. The van der Waals surface area contributed by atoms with Crippen LogP contribution in [0.15, 0.2) is 18.2 Å². The van der Waals surface area contributed by atoms with E-state index in [-0.39, 0.29) is 12.5 Å². The molecule has 1 aliphatic heterocycles. The minimum absolute atomic E-state index is 0.0213. The highest BCUT2D eigenvalue weighted by Gasteiger charge is 2.22. The summed E-state index contributed by atoms with van der Waals surface area (Å²) in [5, 5.41) is 16.6. The zero-order chi connectivity index (χ0) is 18.2. The number of ether oxygens (including phenoxy) is 2. The largest absolute Gasteiger partial charge is 0.497 e. The molecule has 0 aromatic heterocycles. The normalized spacial score (nSPS) is 17.6. The summed E-state index contributed by atoms with van der Waals surface area (Å²) in [5.41, 5.74) is 0.605. The fourth-order valence-electron chi connectivity index (χ4n) is 3.36. The number of hydrogen-bond donors (Lipinski definition) is 3. The van der Waals surface area contributed by atoms with Gasteiger partial charge < -0.3 is 25.2 Å². The Kier molecular flexibility index (Phi) is 7.52. The number of piperidine rings is 1. The lowest BCUT2D eigenvalue weighted by molar-refractivity contribution is -0.122. The van der Waals surface area contributed by atoms with Crippen LogP contribution >= 0.6 is 0 Å². The molecule has 0 aliphatic carbocycles. The van der Waals surface area contributed by atoms with E-state index in [1.165, 1.54) is 0 Å². The smallest absolute Gasteiger partial charge is 0.220 e. The van der Waals surface area contributed by atoms with Gasteiger partial charge in [-0.05, 0) is 56.0 Å². The van der Waals surface area contributed by atoms with Gasteiger partial charge in [0.05, 0.1) is 20.3 Å². The number of aliphatic hydroxyl groups excluding tert-OH is 1. The van der Waals surface area contributed by atoms with E-state index in [0.29, 0.717) is 35.3 Å². The molecule has 6 nitrogen and oxygen atoms in total. The molecule has 0 spiro atoms. The van der Waals surface area contributed by atoms with Gasteiger partial charge in [0.2, 0.25) is 5.91 Å². The molecular formula is C19H30N2O4. The number of methoxy groups -OCH3 is 2. The van der Waals surface area contributed by atoms with Gasteiger partial charge in [-0.1, -0.05) is 6.92 Å². The highest BCUT2D eigenvalue weighted by molar-refractivity contribution is 5.76. The molecule has 6 heteroatoms. The number of rotatable bonds is 8. The molecule has 1 aliphatic rings.